The van der Waals surface area contributed by atoms with Gasteiger partial charge in [0.15, 0.2) is 0 Å². The number of hydrogen-bond acceptors (Lipinski definition) is 5. The summed E-state index contributed by atoms with van der Waals surface area (Å²) in [5, 5.41) is 4.07. The maximum atomic E-state index is 12.9. The summed E-state index contributed by atoms with van der Waals surface area (Å²) in [7, 11) is 0. The molecule has 5 nitrogen and oxygen atoms in total. The van der Waals surface area contributed by atoms with E-state index in [4.69, 9.17) is 16.6 Å². The number of pyridine rings is 1. The lowest BCUT2D eigenvalue weighted by Gasteiger charge is -2.22. The van der Waals surface area contributed by atoms with Crippen LogP contribution in [-0.2, 0) is 6.42 Å². The Balaban J connectivity index is 1.73. The van der Waals surface area contributed by atoms with Crippen LogP contribution in [0.15, 0.2) is 30.5 Å². The molecule has 164 valence electrons. The lowest BCUT2D eigenvalue weighted by Crippen LogP contribution is -2.23. The molecule has 2 heterocycles. The van der Waals surface area contributed by atoms with Crippen LogP contribution in [0.2, 0.25) is 5.15 Å². The van der Waals surface area contributed by atoms with E-state index in [0.29, 0.717) is 24.0 Å². The van der Waals surface area contributed by atoms with Crippen molar-refractivity contribution in [1.82, 2.24) is 15.0 Å². The molecule has 0 atom stereocenters. The van der Waals surface area contributed by atoms with E-state index >= 15 is 0 Å². The van der Waals surface area contributed by atoms with Crippen LogP contribution in [0.3, 0.4) is 0 Å². The van der Waals surface area contributed by atoms with Gasteiger partial charge in [0.05, 0.1) is 5.52 Å². The van der Waals surface area contributed by atoms with E-state index in [2.05, 4.69) is 20.0 Å². The highest BCUT2D eigenvalue weighted by atomic mass is 35.5. The Hall–Kier alpha value is -2.61. The van der Waals surface area contributed by atoms with Gasteiger partial charge in [-0.15, -0.1) is 13.2 Å². The van der Waals surface area contributed by atoms with E-state index < -0.39 is 12.2 Å². The fourth-order valence-corrected chi connectivity index (χ4v) is 4.11. The van der Waals surface area contributed by atoms with Gasteiger partial charge in [-0.2, -0.15) is 0 Å². The van der Waals surface area contributed by atoms with Gasteiger partial charge in [-0.3, -0.25) is 0 Å². The second-order valence-electron chi connectivity index (χ2n) is 7.63. The van der Waals surface area contributed by atoms with Crippen molar-refractivity contribution in [2.24, 2.45) is 0 Å². The van der Waals surface area contributed by atoms with Crippen molar-refractivity contribution in [3.8, 4) is 17.0 Å². The fourth-order valence-electron chi connectivity index (χ4n) is 3.97. The number of rotatable bonds is 5. The van der Waals surface area contributed by atoms with Crippen molar-refractivity contribution < 1.29 is 17.9 Å². The van der Waals surface area contributed by atoms with Gasteiger partial charge in [0.25, 0.3) is 0 Å². The molecule has 2 aromatic heterocycles. The zero-order valence-electron chi connectivity index (χ0n) is 17.0. The predicted octanol–water partition coefficient (Wildman–Crippen LogP) is 6.55. The molecule has 0 unspecified atom stereocenters. The lowest BCUT2D eigenvalue weighted by molar-refractivity contribution is -0.275. The van der Waals surface area contributed by atoms with E-state index in [-0.39, 0.29) is 10.7 Å². The summed E-state index contributed by atoms with van der Waals surface area (Å²) in [4.78, 5) is 12.9. The summed E-state index contributed by atoms with van der Waals surface area (Å²) in [6.45, 7) is 1.97. The van der Waals surface area contributed by atoms with E-state index in [0.717, 1.165) is 29.3 Å². The molecule has 0 aliphatic heterocycles. The molecule has 0 spiro atoms. The minimum atomic E-state index is -4.88. The molecule has 1 aliphatic rings. The normalized spacial score (nSPS) is 15.3. The molecule has 1 N–H and O–H groups in total. The number of halogens is 4. The highest BCUT2D eigenvalue weighted by molar-refractivity contribution is 6.29. The molecular weight excluding hydrogens is 429 g/mol. The Bertz CT molecular complexity index is 1080. The first-order valence-electron chi connectivity index (χ1n) is 10.3. The highest BCUT2D eigenvalue weighted by Gasteiger charge is 2.33. The van der Waals surface area contributed by atoms with Crippen molar-refractivity contribution in [2.75, 3.05) is 5.32 Å². The van der Waals surface area contributed by atoms with Gasteiger partial charge in [0, 0.05) is 23.2 Å². The molecule has 9 heteroatoms. The van der Waals surface area contributed by atoms with Gasteiger partial charge in [0.2, 0.25) is 11.8 Å². The Labute approximate surface area is 183 Å². The van der Waals surface area contributed by atoms with Gasteiger partial charge in [-0.25, -0.2) is 15.0 Å². The monoisotopic (exact) mass is 450 g/mol. The number of aromatic nitrogens is 3. The summed E-state index contributed by atoms with van der Waals surface area (Å²) < 4.78 is 42.7. The zero-order valence-corrected chi connectivity index (χ0v) is 17.7. The number of benzene rings is 1. The molecule has 4 rings (SSSR count). The molecule has 0 amide bonds. The smallest absolute Gasteiger partial charge is 0.387 e. The number of ether oxygens (including phenoxy) is 1. The largest absolute Gasteiger partial charge is 0.574 e. The summed E-state index contributed by atoms with van der Waals surface area (Å²) in [5.41, 5.74) is 2.40. The first-order chi connectivity index (χ1) is 14.8. The maximum Gasteiger partial charge on any atom is 0.574 e. The summed E-state index contributed by atoms with van der Waals surface area (Å²) in [6.07, 6.45) is 3.35. The Kier molecular flexibility index (Phi) is 6.18. The number of nitrogens with one attached hydrogen (secondary N) is 1. The second kappa shape index (κ2) is 8.86. The number of fused-ring (bicyclic) bond motifs is 1. The predicted molar refractivity (Wildman–Crippen MR) is 114 cm³/mol. The van der Waals surface area contributed by atoms with Gasteiger partial charge in [-0.05, 0) is 54.7 Å². The average Bonchev–Trinajstić information content (AvgIpc) is 2.73. The molecule has 1 saturated carbocycles. The number of nitrogens with zero attached hydrogens (tertiary/aromatic N) is 3. The maximum absolute atomic E-state index is 12.9. The standard InChI is InChI=1S/C22H22ClF3N4O/c1-2-13-10-14(17-8-9-18(23)29-20(17)31-22(24,25)26)11-15-12-27-21(30-19(13)15)28-16-6-4-3-5-7-16/h8-12,16H,2-7H2,1H3,(H,27,28,30). The quantitative estimate of drug-likeness (QED) is 0.446. The van der Waals surface area contributed by atoms with Crippen LogP contribution in [0.1, 0.15) is 44.6 Å². The summed E-state index contributed by atoms with van der Waals surface area (Å²) in [5.74, 6) is -0.00555. The molecule has 0 saturated heterocycles. The third-order valence-electron chi connectivity index (χ3n) is 5.43. The van der Waals surface area contributed by atoms with Crippen molar-refractivity contribution in [2.45, 2.75) is 57.9 Å². The van der Waals surface area contributed by atoms with Crippen LogP contribution in [0.25, 0.3) is 22.0 Å². The molecule has 3 aromatic rings. The van der Waals surface area contributed by atoms with Crippen molar-refractivity contribution in [1.29, 1.82) is 0 Å². The van der Waals surface area contributed by atoms with Crippen molar-refractivity contribution >= 4 is 28.5 Å². The van der Waals surface area contributed by atoms with Crippen molar-refractivity contribution in [3.63, 3.8) is 0 Å². The van der Waals surface area contributed by atoms with Crippen LogP contribution in [0, 0.1) is 0 Å². The van der Waals surface area contributed by atoms with Crippen LogP contribution in [0.5, 0.6) is 5.88 Å². The SMILES string of the molecule is CCc1cc(-c2ccc(Cl)nc2OC(F)(F)F)cc2cnc(NC3CCCCC3)nc12. The number of anilines is 1. The van der Waals surface area contributed by atoms with Crippen LogP contribution in [-0.4, -0.2) is 27.4 Å². The Morgan fingerprint density at radius 3 is 2.61 bits per heavy atom. The van der Waals surface area contributed by atoms with E-state index in [1.807, 2.05) is 13.0 Å². The first kappa shape index (κ1) is 21.6. The van der Waals surface area contributed by atoms with Crippen LogP contribution < -0.4 is 10.1 Å². The third-order valence-corrected chi connectivity index (χ3v) is 5.64. The van der Waals surface area contributed by atoms with Gasteiger partial charge in [-0.1, -0.05) is 37.8 Å². The van der Waals surface area contributed by atoms with E-state index in [9.17, 15) is 13.2 Å². The molecule has 0 bridgehead atoms. The summed E-state index contributed by atoms with van der Waals surface area (Å²) >= 11 is 5.80. The van der Waals surface area contributed by atoms with E-state index in [1.165, 1.54) is 31.4 Å². The van der Waals surface area contributed by atoms with Gasteiger partial charge in [0.1, 0.15) is 5.15 Å². The molecule has 1 fully saturated rings. The fraction of sp³-hybridized carbons (Fsp3) is 0.409. The Morgan fingerprint density at radius 1 is 1.13 bits per heavy atom. The topological polar surface area (TPSA) is 59.9 Å². The highest BCUT2D eigenvalue weighted by Crippen LogP contribution is 2.36. The zero-order chi connectivity index (χ0) is 22.0. The third kappa shape index (κ3) is 5.18. The molecule has 1 aromatic carbocycles. The first-order valence-corrected chi connectivity index (χ1v) is 10.7. The van der Waals surface area contributed by atoms with Gasteiger partial charge >= 0.3 is 6.36 Å². The van der Waals surface area contributed by atoms with Crippen LogP contribution >= 0.6 is 11.6 Å². The minimum absolute atomic E-state index is 0.0822. The second-order valence-corrected chi connectivity index (χ2v) is 8.02. The van der Waals surface area contributed by atoms with Crippen molar-refractivity contribution in [3.05, 3.63) is 41.2 Å². The van der Waals surface area contributed by atoms with E-state index in [1.54, 1.807) is 12.3 Å². The molecular formula is C22H22ClF3N4O. The number of alkyl halides is 3. The van der Waals surface area contributed by atoms with Crippen LogP contribution in [0.4, 0.5) is 19.1 Å². The summed E-state index contributed by atoms with van der Waals surface area (Å²) in [6, 6.07) is 6.83. The minimum Gasteiger partial charge on any atom is -0.387 e. The average molecular weight is 451 g/mol. The Morgan fingerprint density at radius 2 is 1.90 bits per heavy atom. The molecule has 1 aliphatic carbocycles. The molecule has 0 radical (unpaired) electrons. The molecule has 31 heavy (non-hydrogen) atoms. The number of hydrogen-bond donors (Lipinski definition) is 1. The lowest BCUT2D eigenvalue weighted by atomic mass is 9.96. The number of aryl methyl sites for hydroxylation is 1. The van der Waals surface area contributed by atoms with Gasteiger partial charge < -0.3 is 10.1 Å².